The summed E-state index contributed by atoms with van der Waals surface area (Å²) in [6, 6.07) is 3.20. The number of hydrogen-bond acceptors (Lipinski definition) is 4. The minimum Gasteiger partial charge on any atom is -0.386 e. The molecule has 6 nitrogen and oxygen atoms in total. The number of carbonyl (C=O) groups excluding carboxylic acids is 1. The molecule has 0 aliphatic heterocycles. The van der Waals surface area contributed by atoms with Crippen molar-refractivity contribution in [1.29, 1.82) is 0 Å². The van der Waals surface area contributed by atoms with Gasteiger partial charge in [0.05, 0.1) is 5.60 Å². The van der Waals surface area contributed by atoms with E-state index in [-0.39, 0.29) is 0 Å². The van der Waals surface area contributed by atoms with Crippen molar-refractivity contribution in [2.75, 3.05) is 5.32 Å². The van der Waals surface area contributed by atoms with Crippen molar-refractivity contribution >= 4 is 33.0 Å². The molecule has 4 N–H and O–H groups in total. The molecular formula is C21H27N3O3S2. The molecule has 2 amide bonds. The zero-order valence-corrected chi connectivity index (χ0v) is 18.6. The SMILES string of the molecule is Cc1sc(S(N)(=O)=NC(=O)Nc2c3c(cc4c2CCC4)CCC3)cc1C(C)(C)O. The number of benzene rings is 1. The van der Waals surface area contributed by atoms with E-state index in [1.807, 2.05) is 6.92 Å². The average Bonchev–Trinajstić information content (AvgIpc) is 3.31. The van der Waals surface area contributed by atoms with E-state index < -0.39 is 21.5 Å². The molecule has 156 valence electrons. The Labute approximate surface area is 175 Å². The van der Waals surface area contributed by atoms with E-state index in [9.17, 15) is 14.1 Å². The third-order valence-electron chi connectivity index (χ3n) is 5.77. The van der Waals surface area contributed by atoms with E-state index in [4.69, 9.17) is 5.14 Å². The zero-order valence-electron chi connectivity index (χ0n) is 17.0. The number of urea groups is 1. The van der Waals surface area contributed by atoms with E-state index in [0.29, 0.717) is 9.77 Å². The lowest BCUT2D eigenvalue weighted by Crippen LogP contribution is -2.18. The molecule has 4 rings (SSSR count). The first-order valence-corrected chi connectivity index (χ1v) is 12.3. The molecule has 0 spiro atoms. The Morgan fingerprint density at radius 3 is 2.28 bits per heavy atom. The topological polar surface area (TPSA) is 105 Å². The van der Waals surface area contributed by atoms with Gasteiger partial charge in [-0.2, -0.15) is 0 Å². The van der Waals surface area contributed by atoms with Crippen molar-refractivity contribution in [3.05, 3.63) is 44.8 Å². The van der Waals surface area contributed by atoms with Gasteiger partial charge in [-0.3, -0.25) is 0 Å². The highest BCUT2D eigenvalue weighted by Crippen LogP contribution is 2.39. The summed E-state index contributed by atoms with van der Waals surface area (Å²) in [5.74, 6) is 0. The number of rotatable bonds is 3. The Kier molecular flexibility index (Phi) is 5.09. The number of nitrogens with zero attached hydrogens (tertiary/aromatic N) is 1. The Bertz CT molecular complexity index is 1090. The van der Waals surface area contributed by atoms with Crippen LogP contribution < -0.4 is 10.5 Å². The molecule has 8 heteroatoms. The molecule has 1 atom stereocenters. The minimum absolute atomic E-state index is 0.297. The van der Waals surface area contributed by atoms with Crippen LogP contribution in [0.5, 0.6) is 0 Å². The highest BCUT2D eigenvalue weighted by Gasteiger charge is 2.27. The van der Waals surface area contributed by atoms with Crippen LogP contribution in [0.2, 0.25) is 0 Å². The van der Waals surface area contributed by atoms with Gasteiger partial charge >= 0.3 is 6.03 Å². The second-order valence-corrected chi connectivity index (χ2v) is 11.7. The van der Waals surface area contributed by atoms with Gasteiger partial charge in [-0.1, -0.05) is 6.07 Å². The number of fused-ring (bicyclic) bond motifs is 2. The van der Waals surface area contributed by atoms with Gasteiger partial charge < -0.3 is 10.4 Å². The Balaban J connectivity index is 1.67. The maximum Gasteiger partial charge on any atom is 0.354 e. The van der Waals surface area contributed by atoms with Crippen LogP contribution in [0.4, 0.5) is 10.5 Å². The Morgan fingerprint density at radius 2 is 1.76 bits per heavy atom. The zero-order chi connectivity index (χ0) is 21.0. The normalized spacial score (nSPS) is 17.6. The number of anilines is 1. The monoisotopic (exact) mass is 433 g/mol. The molecule has 1 unspecified atom stereocenters. The third kappa shape index (κ3) is 3.86. The van der Waals surface area contributed by atoms with Gasteiger partial charge in [-0.05, 0) is 93.2 Å². The summed E-state index contributed by atoms with van der Waals surface area (Å²) in [5, 5.41) is 19.2. The molecule has 0 radical (unpaired) electrons. The number of aryl methyl sites for hydroxylation is 3. The van der Waals surface area contributed by atoms with Crippen LogP contribution in [0, 0.1) is 6.92 Å². The van der Waals surface area contributed by atoms with Gasteiger partial charge in [0.2, 0.25) is 0 Å². The van der Waals surface area contributed by atoms with Crippen LogP contribution in [-0.4, -0.2) is 15.3 Å². The predicted octanol–water partition coefficient (Wildman–Crippen LogP) is 4.19. The lowest BCUT2D eigenvalue weighted by molar-refractivity contribution is 0.0783. The average molecular weight is 434 g/mol. The number of hydrogen-bond donors (Lipinski definition) is 3. The van der Waals surface area contributed by atoms with Crippen LogP contribution in [-0.2, 0) is 41.2 Å². The van der Waals surface area contributed by atoms with Gasteiger partial charge in [0, 0.05) is 10.6 Å². The Hall–Kier alpha value is -1.74. The van der Waals surface area contributed by atoms with Crippen molar-refractivity contribution in [3.63, 3.8) is 0 Å². The van der Waals surface area contributed by atoms with Gasteiger partial charge in [-0.25, -0.2) is 14.1 Å². The lowest BCUT2D eigenvalue weighted by Gasteiger charge is -2.16. The van der Waals surface area contributed by atoms with Crippen molar-refractivity contribution in [2.45, 2.75) is 69.1 Å². The highest BCUT2D eigenvalue weighted by molar-refractivity contribution is 7.93. The van der Waals surface area contributed by atoms with Crippen LogP contribution >= 0.6 is 11.3 Å². The molecule has 1 heterocycles. The van der Waals surface area contributed by atoms with Crippen molar-refractivity contribution < 1.29 is 14.1 Å². The van der Waals surface area contributed by atoms with Crippen LogP contribution in [0.1, 0.15) is 59.4 Å². The summed E-state index contributed by atoms with van der Waals surface area (Å²) in [6.07, 6.45) is 6.11. The second-order valence-electron chi connectivity index (χ2n) is 8.42. The maximum absolute atomic E-state index is 13.0. The van der Waals surface area contributed by atoms with Gasteiger partial charge in [-0.15, -0.1) is 15.7 Å². The van der Waals surface area contributed by atoms with Gasteiger partial charge in [0.25, 0.3) is 0 Å². The van der Waals surface area contributed by atoms with E-state index in [0.717, 1.165) is 49.1 Å². The fourth-order valence-corrected chi connectivity index (χ4v) is 7.00. The Morgan fingerprint density at radius 1 is 1.17 bits per heavy atom. The molecule has 1 aromatic heterocycles. The molecule has 1 aromatic carbocycles. The number of nitrogens with one attached hydrogen (secondary N) is 1. The predicted molar refractivity (Wildman–Crippen MR) is 117 cm³/mol. The lowest BCUT2D eigenvalue weighted by atomic mass is 9.99. The van der Waals surface area contributed by atoms with Crippen LogP contribution in [0.15, 0.2) is 20.7 Å². The first-order chi connectivity index (χ1) is 13.6. The van der Waals surface area contributed by atoms with Crippen molar-refractivity contribution in [3.8, 4) is 0 Å². The summed E-state index contributed by atoms with van der Waals surface area (Å²) >= 11 is 1.20. The quantitative estimate of drug-likeness (QED) is 0.676. The first-order valence-electron chi connectivity index (χ1n) is 9.92. The second kappa shape index (κ2) is 7.19. The van der Waals surface area contributed by atoms with Crippen molar-refractivity contribution in [2.24, 2.45) is 9.50 Å². The van der Waals surface area contributed by atoms with E-state index in [1.54, 1.807) is 19.9 Å². The van der Waals surface area contributed by atoms with E-state index in [2.05, 4.69) is 15.7 Å². The summed E-state index contributed by atoms with van der Waals surface area (Å²) < 4.78 is 17.2. The third-order valence-corrected chi connectivity index (χ3v) is 8.71. The maximum atomic E-state index is 13.0. The number of carbonyl (C=O) groups is 1. The minimum atomic E-state index is -3.40. The van der Waals surface area contributed by atoms with Crippen molar-refractivity contribution in [1.82, 2.24) is 0 Å². The van der Waals surface area contributed by atoms with E-state index in [1.165, 1.54) is 33.6 Å². The number of nitrogens with two attached hydrogens (primary N) is 1. The molecule has 2 aromatic rings. The highest BCUT2D eigenvalue weighted by atomic mass is 32.2. The molecule has 0 saturated heterocycles. The largest absolute Gasteiger partial charge is 0.386 e. The van der Waals surface area contributed by atoms with Crippen LogP contribution in [0.3, 0.4) is 0 Å². The summed E-state index contributed by atoms with van der Waals surface area (Å²) in [4.78, 5) is 13.5. The molecule has 29 heavy (non-hydrogen) atoms. The fraction of sp³-hybridized carbons (Fsp3) is 0.476. The molecule has 2 aliphatic carbocycles. The number of thiophene rings is 1. The molecule has 0 saturated carbocycles. The fourth-order valence-electron chi connectivity index (χ4n) is 4.47. The smallest absolute Gasteiger partial charge is 0.354 e. The van der Waals surface area contributed by atoms with Gasteiger partial charge in [0.15, 0.2) is 9.92 Å². The van der Waals surface area contributed by atoms with E-state index >= 15 is 0 Å². The van der Waals surface area contributed by atoms with Gasteiger partial charge in [0.1, 0.15) is 4.21 Å². The molecule has 0 bridgehead atoms. The molecule has 0 fully saturated rings. The molecule has 2 aliphatic rings. The summed E-state index contributed by atoms with van der Waals surface area (Å²) in [5.41, 5.74) is 5.40. The standard InChI is InChI=1S/C21H27N3O3S2/c1-12-17(21(2,3)26)11-18(28-12)29(22,27)24-20(25)23-19-15-8-4-6-13(15)10-14-7-5-9-16(14)19/h10-11,26H,4-9H2,1-3H3,(H3,22,23,24,25,27). The summed E-state index contributed by atoms with van der Waals surface area (Å²) in [6.45, 7) is 5.14. The number of amides is 2. The summed E-state index contributed by atoms with van der Waals surface area (Å²) in [7, 11) is -3.40. The first kappa shape index (κ1) is 20.5. The number of aliphatic hydroxyl groups is 1. The molecular weight excluding hydrogens is 406 g/mol. The van der Waals surface area contributed by atoms with Crippen LogP contribution in [0.25, 0.3) is 0 Å².